The van der Waals surface area contributed by atoms with Crippen molar-refractivity contribution in [3.05, 3.63) is 47.8 Å². The molecule has 1 heterocycles. The molecule has 1 amide bonds. The summed E-state index contributed by atoms with van der Waals surface area (Å²) in [5.41, 5.74) is 1.76. The van der Waals surface area contributed by atoms with Gasteiger partial charge in [-0.15, -0.1) is 0 Å². The zero-order valence-corrected chi connectivity index (χ0v) is 12.6. The molecule has 0 aliphatic carbocycles. The van der Waals surface area contributed by atoms with Crippen LogP contribution in [0.5, 0.6) is 11.5 Å². The molecule has 2 rings (SSSR count). The number of hydrogen-bond acceptors (Lipinski definition) is 3. The van der Waals surface area contributed by atoms with E-state index in [4.69, 9.17) is 9.47 Å². The third kappa shape index (κ3) is 3.78. The van der Waals surface area contributed by atoms with Crippen molar-refractivity contribution in [3.63, 3.8) is 0 Å². The van der Waals surface area contributed by atoms with Crippen LogP contribution < -0.4 is 14.8 Å². The highest BCUT2D eigenvalue weighted by Crippen LogP contribution is 2.27. The van der Waals surface area contributed by atoms with Crippen molar-refractivity contribution in [1.82, 2.24) is 9.88 Å². The van der Waals surface area contributed by atoms with Gasteiger partial charge in [0.25, 0.3) is 5.91 Å². The van der Waals surface area contributed by atoms with Crippen molar-refractivity contribution < 1.29 is 14.3 Å². The number of amides is 1. The van der Waals surface area contributed by atoms with E-state index >= 15 is 0 Å². The van der Waals surface area contributed by atoms with E-state index in [9.17, 15) is 4.79 Å². The number of carbonyl (C=O) groups is 1. The first-order chi connectivity index (χ1) is 10.1. The van der Waals surface area contributed by atoms with E-state index in [1.54, 1.807) is 32.4 Å². The monoisotopic (exact) mass is 288 g/mol. The molecule has 5 heteroatoms. The van der Waals surface area contributed by atoms with Gasteiger partial charge in [-0.1, -0.05) is 0 Å². The number of aromatic nitrogens is 1. The average molecular weight is 288 g/mol. The third-order valence-corrected chi connectivity index (χ3v) is 3.24. The SMILES string of the molecule is COc1ccc(C(=O)NCCc2ccn(C)c2)cc1OC. The Balaban J connectivity index is 1.93. The molecule has 0 fully saturated rings. The van der Waals surface area contributed by atoms with Gasteiger partial charge in [0.1, 0.15) is 0 Å². The standard InChI is InChI=1S/C16H20N2O3/c1-18-9-7-12(11-18)6-8-17-16(19)13-4-5-14(20-2)15(10-13)21-3/h4-5,7,9-11H,6,8H2,1-3H3,(H,17,19). The van der Waals surface area contributed by atoms with Gasteiger partial charge >= 0.3 is 0 Å². The Morgan fingerprint density at radius 2 is 1.95 bits per heavy atom. The molecule has 0 radical (unpaired) electrons. The van der Waals surface area contributed by atoms with Gasteiger partial charge < -0.3 is 19.4 Å². The summed E-state index contributed by atoms with van der Waals surface area (Å²) in [6.07, 6.45) is 4.84. The molecule has 0 atom stereocenters. The van der Waals surface area contributed by atoms with E-state index in [1.807, 2.05) is 30.1 Å². The number of aryl methyl sites for hydroxylation is 1. The molecular weight excluding hydrogens is 268 g/mol. The first kappa shape index (κ1) is 15.0. The maximum Gasteiger partial charge on any atom is 0.251 e. The second-order valence-corrected chi connectivity index (χ2v) is 4.76. The molecule has 21 heavy (non-hydrogen) atoms. The third-order valence-electron chi connectivity index (χ3n) is 3.24. The molecule has 5 nitrogen and oxygen atoms in total. The summed E-state index contributed by atoms with van der Waals surface area (Å²) in [5, 5.41) is 2.90. The van der Waals surface area contributed by atoms with Crippen LogP contribution in [0.15, 0.2) is 36.7 Å². The van der Waals surface area contributed by atoms with Crippen LogP contribution >= 0.6 is 0 Å². The molecule has 0 aliphatic rings. The Morgan fingerprint density at radius 1 is 1.19 bits per heavy atom. The molecule has 0 saturated heterocycles. The number of benzene rings is 1. The minimum Gasteiger partial charge on any atom is -0.493 e. The summed E-state index contributed by atoms with van der Waals surface area (Å²) in [6.45, 7) is 0.594. The Labute approximate surface area is 124 Å². The summed E-state index contributed by atoms with van der Waals surface area (Å²) in [7, 11) is 5.10. The molecule has 0 bridgehead atoms. The average Bonchev–Trinajstić information content (AvgIpc) is 2.91. The molecule has 1 N–H and O–H groups in total. The van der Waals surface area contributed by atoms with Gasteiger partial charge in [0, 0.05) is 31.5 Å². The number of rotatable bonds is 6. The largest absolute Gasteiger partial charge is 0.493 e. The minimum atomic E-state index is -0.119. The summed E-state index contributed by atoms with van der Waals surface area (Å²) < 4.78 is 12.3. The maximum absolute atomic E-state index is 12.1. The number of ether oxygens (including phenoxy) is 2. The highest BCUT2D eigenvalue weighted by molar-refractivity contribution is 5.94. The second-order valence-electron chi connectivity index (χ2n) is 4.76. The van der Waals surface area contributed by atoms with Gasteiger partial charge in [-0.3, -0.25) is 4.79 Å². The van der Waals surface area contributed by atoms with E-state index in [0.717, 1.165) is 6.42 Å². The Morgan fingerprint density at radius 3 is 2.57 bits per heavy atom. The maximum atomic E-state index is 12.1. The number of hydrogen-bond donors (Lipinski definition) is 1. The fourth-order valence-electron chi connectivity index (χ4n) is 2.11. The van der Waals surface area contributed by atoms with Gasteiger partial charge in [-0.25, -0.2) is 0 Å². The molecular formula is C16H20N2O3. The summed E-state index contributed by atoms with van der Waals surface area (Å²) in [6, 6.07) is 7.17. The zero-order chi connectivity index (χ0) is 15.2. The van der Waals surface area contributed by atoms with E-state index in [2.05, 4.69) is 5.32 Å². The Bertz CT molecular complexity index is 620. The predicted molar refractivity (Wildman–Crippen MR) is 81.0 cm³/mol. The predicted octanol–water partition coefficient (Wildman–Crippen LogP) is 2.01. The highest BCUT2D eigenvalue weighted by Gasteiger charge is 2.10. The molecule has 1 aromatic carbocycles. The van der Waals surface area contributed by atoms with Gasteiger partial charge in [-0.2, -0.15) is 0 Å². The van der Waals surface area contributed by atoms with Crippen molar-refractivity contribution in [3.8, 4) is 11.5 Å². The lowest BCUT2D eigenvalue weighted by atomic mass is 10.2. The molecule has 0 saturated carbocycles. The lowest BCUT2D eigenvalue weighted by molar-refractivity contribution is 0.0953. The highest BCUT2D eigenvalue weighted by atomic mass is 16.5. The first-order valence-electron chi connectivity index (χ1n) is 6.75. The van der Waals surface area contributed by atoms with Crippen molar-refractivity contribution in [1.29, 1.82) is 0 Å². The number of carbonyl (C=O) groups excluding carboxylic acids is 1. The lowest BCUT2D eigenvalue weighted by Crippen LogP contribution is -2.25. The zero-order valence-electron chi connectivity index (χ0n) is 12.6. The van der Waals surface area contributed by atoms with E-state index in [-0.39, 0.29) is 5.91 Å². The fourth-order valence-corrected chi connectivity index (χ4v) is 2.11. The molecule has 0 unspecified atom stereocenters. The van der Waals surface area contributed by atoms with Crippen molar-refractivity contribution in [2.45, 2.75) is 6.42 Å². The molecule has 0 spiro atoms. The number of nitrogens with zero attached hydrogens (tertiary/aromatic N) is 1. The van der Waals surface area contributed by atoms with Gasteiger partial charge in [-0.05, 0) is 36.2 Å². The van der Waals surface area contributed by atoms with Crippen molar-refractivity contribution in [2.75, 3.05) is 20.8 Å². The van der Waals surface area contributed by atoms with E-state index < -0.39 is 0 Å². The van der Waals surface area contributed by atoms with Crippen molar-refractivity contribution in [2.24, 2.45) is 7.05 Å². The van der Waals surface area contributed by atoms with Crippen LogP contribution in [-0.4, -0.2) is 31.2 Å². The van der Waals surface area contributed by atoms with Crippen LogP contribution in [0.3, 0.4) is 0 Å². The van der Waals surface area contributed by atoms with Crippen molar-refractivity contribution >= 4 is 5.91 Å². The topological polar surface area (TPSA) is 52.5 Å². The van der Waals surface area contributed by atoms with Crippen LogP contribution in [-0.2, 0) is 13.5 Å². The molecule has 0 aliphatic heterocycles. The van der Waals surface area contributed by atoms with Crippen LogP contribution in [0.25, 0.3) is 0 Å². The van der Waals surface area contributed by atoms with Crippen LogP contribution in [0, 0.1) is 0 Å². The normalized spacial score (nSPS) is 10.2. The summed E-state index contributed by atoms with van der Waals surface area (Å²) in [4.78, 5) is 12.1. The quantitative estimate of drug-likeness (QED) is 0.884. The summed E-state index contributed by atoms with van der Waals surface area (Å²) in [5.74, 6) is 1.04. The number of nitrogens with one attached hydrogen (secondary N) is 1. The Kier molecular flexibility index (Phi) is 4.87. The molecule has 2 aromatic rings. The lowest BCUT2D eigenvalue weighted by Gasteiger charge is -2.09. The first-order valence-corrected chi connectivity index (χ1v) is 6.75. The van der Waals surface area contributed by atoms with Crippen LogP contribution in [0.2, 0.25) is 0 Å². The van der Waals surface area contributed by atoms with Crippen LogP contribution in [0.1, 0.15) is 15.9 Å². The molecule has 112 valence electrons. The minimum absolute atomic E-state index is 0.119. The number of methoxy groups -OCH3 is 2. The van der Waals surface area contributed by atoms with E-state index in [0.29, 0.717) is 23.6 Å². The molecule has 1 aromatic heterocycles. The smallest absolute Gasteiger partial charge is 0.251 e. The van der Waals surface area contributed by atoms with Gasteiger partial charge in [0.2, 0.25) is 0 Å². The second kappa shape index (κ2) is 6.83. The van der Waals surface area contributed by atoms with Gasteiger partial charge in [0.15, 0.2) is 11.5 Å². The van der Waals surface area contributed by atoms with Crippen LogP contribution in [0.4, 0.5) is 0 Å². The van der Waals surface area contributed by atoms with E-state index in [1.165, 1.54) is 5.56 Å². The Hall–Kier alpha value is -2.43. The van der Waals surface area contributed by atoms with Gasteiger partial charge in [0.05, 0.1) is 14.2 Å². The summed E-state index contributed by atoms with van der Waals surface area (Å²) >= 11 is 0. The fraction of sp³-hybridized carbons (Fsp3) is 0.312.